The van der Waals surface area contributed by atoms with E-state index in [1.54, 1.807) is 6.33 Å². The Balaban J connectivity index is 0.00000121. The number of nitrogens with one attached hydrogen (secondary N) is 1. The van der Waals surface area contributed by atoms with Crippen LogP contribution >= 0.6 is 37.2 Å². The molecule has 6 nitrogen and oxygen atoms in total. The number of hydrogen-bond acceptors (Lipinski definition) is 6. The van der Waals surface area contributed by atoms with Gasteiger partial charge >= 0.3 is 0 Å². The topological polar surface area (TPSA) is 64.5 Å². The highest BCUT2D eigenvalue weighted by Gasteiger charge is 2.47. The minimum absolute atomic E-state index is 0. The average Bonchev–Trinajstić information content (AvgIpc) is 3.28. The zero-order valence-corrected chi connectivity index (χ0v) is 21.2. The van der Waals surface area contributed by atoms with E-state index in [1.165, 1.54) is 28.2 Å². The van der Waals surface area contributed by atoms with Crippen LogP contribution in [-0.4, -0.2) is 54.9 Å². The van der Waals surface area contributed by atoms with Crippen LogP contribution in [0.3, 0.4) is 0 Å². The van der Waals surface area contributed by atoms with E-state index in [0.717, 1.165) is 51.1 Å². The van der Waals surface area contributed by atoms with Gasteiger partial charge in [0.15, 0.2) is 0 Å². The average molecular weight is 503 g/mol. The molecule has 5 rings (SSSR count). The van der Waals surface area contributed by atoms with E-state index < -0.39 is 0 Å². The molecule has 3 heterocycles. The highest BCUT2D eigenvalue weighted by Crippen LogP contribution is 2.53. The summed E-state index contributed by atoms with van der Waals surface area (Å²) in [5.74, 6) is 1.62. The number of halogens is 3. The molecule has 1 fully saturated rings. The highest BCUT2D eigenvalue weighted by molar-refractivity contribution is 5.86. The molecule has 2 aliphatic heterocycles. The van der Waals surface area contributed by atoms with Crippen molar-refractivity contribution in [2.75, 3.05) is 49.6 Å². The maximum Gasteiger partial charge on any atom is 0.140 e. The fourth-order valence-electron chi connectivity index (χ4n) is 5.69. The third-order valence-electron chi connectivity index (χ3n) is 7.22. The van der Waals surface area contributed by atoms with E-state index in [0.29, 0.717) is 12.5 Å². The second-order valence-corrected chi connectivity index (χ2v) is 8.93. The number of anilines is 3. The molecular formula is C23H34Cl3N5O. The molecule has 0 saturated carbocycles. The second-order valence-electron chi connectivity index (χ2n) is 8.93. The molecule has 1 aliphatic carbocycles. The summed E-state index contributed by atoms with van der Waals surface area (Å²) in [6.45, 7) is 6.18. The van der Waals surface area contributed by atoms with Crippen molar-refractivity contribution in [1.82, 2.24) is 15.3 Å². The summed E-state index contributed by atoms with van der Waals surface area (Å²) in [6, 6.07) is 6.63. The Morgan fingerprint density at radius 2 is 1.94 bits per heavy atom. The molecule has 1 saturated heterocycles. The molecule has 178 valence electrons. The Morgan fingerprint density at radius 1 is 1.19 bits per heavy atom. The van der Waals surface area contributed by atoms with Gasteiger partial charge in [0.25, 0.3) is 0 Å². The summed E-state index contributed by atoms with van der Waals surface area (Å²) < 4.78 is 0. The lowest BCUT2D eigenvalue weighted by Crippen LogP contribution is -2.43. The van der Waals surface area contributed by atoms with E-state index >= 15 is 0 Å². The minimum Gasteiger partial charge on any atom is -0.395 e. The van der Waals surface area contributed by atoms with Crippen LogP contribution in [0.1, 0.15) is 48.9 Å². The molecule has 1 aromatic carbocycles. The molecule has 9 heteroatoms. The lowest BCUT2D eigenvalue weighted by Gasteiger charge is -2.37. The van der Waals surface area contributed by atoms with Crippen molar-refractivity contribution in [3.05, 3.63) is 41.3 Å². The van der Waals surface area contributed by atoms with Gasteiger partial charge in [-0.05, 0) is 56.8 Å². The number of aryl methyl sites for hydroxylation is 1. The van der Waals surface area contributed by atoms with E-state index in [-0.39, 0.29) is 49.2 Å². The van der Waals surface area contributed by atoms with Crippen LogP contribution < -0.4 is 15.1 Å². The Labute approximate surface area is 209 Å². The van der Waals surface area contributed by atoms with Gasteiger partial charge in [-0.15, -0.1) is 37.2 Å². The van der Waals surface area contributed by atoms with Crippen molar-refractivity contribution in [3.8, 4) is 0 Å². The molecule has 0 unspecified atom stereocenters. The van der Waals surface area contributed by atoms with Crippen molar-refractivity contribution in [2.24, 2.45) is 0 Å². The van der Waals surface area contributed by atoms with Gasteiger partial charge in [0.05, 0.1) is 6.61 Å². The predicted molar refractivity (Wildman–Crippen MR) is 138 cm³/mol. The number of likely N-dealkylation sites (N-methyl/N-ethyl adjacent to an activating group) is 1. The van der Waals surface area contributed by atoms with Crippen molar-refractivity contribution >= 4 is 54.4 Å². The number of fused-ring (bicyclic) bond motifs is 3. The van der Waals surface area contributed by atoms with Gasteiger partial charge in [-0.3, -0.25) is 0 Å². The van der Waals surface area contributed by atoms with Gasteiger partial charge in [0.2, 0.25) is 0 Å². The maximum absolute atomic E-state index is 9.53. The van der Waals surface area contributed by atoms with Gasteiger partial charge in [0.1, 0.15) is 12.1 Å². The summed E-state index contributed by atoms with van der Waals surface area (Å²) in [4.78, 5) is 14.1. The molecule has 2 N–H and O–H groups in total. The van der Waals surface area contributed by atoms with E-state index in [4.69, 9.17) is 4.98 Å². The lowest BCUT2D eigenvalue weighted by molar-refractivity contribution is 0.303. The fourth-order valence-corrected chi connectivity index (χ4v) is 5.69. The minimum atomic E-state index is 0. The smallest absolute Gasteiger partial charge is 0.140 e. The van der Waals surface area contributed by atoms with Gasteiger partial charge < -0.3 is 20.2 Å². The summed E-state index contributed by atoms with van der Waals surface area (Å²) >= 11 is 0. The molecule has 0 bridgehead atoms. The number of aliphatic hydroxyl groups is 1. The molecule has 2 aromatic rings. The van der Waals surface area contributed by atoms with Crippen LogP contribution in [0, 0.1) is 0 Å². The van der Waals surface area contributed by atoms with Gasteiger partial charge in [-0.25, -0.2) is 9.97 Å². The summed E-state index contributed by atoms with van der Waals surface area (Å²) in [6.07, 6.45) is 6.23. The normalized spacial score (nSPS) is 20.0. The third-order valence-corrected chi connectivity index (χ3v) is 7.22. The number of hydrogen-bond donors (Lipinski definition) is 2. The van der Waals surface area contributed by atoms with Gasteiger partial charge in [-0.1, -0.05) is 13.0 Å². The molecule has 3 aliphatic rings. The van der Waals surface area contributed by atoms with Crippen LogP contribution in [0.4, 0.5) is 17.2 Å². The highest BCUT2D eigenvalue weighted by atomic mass is 35.5. The third kappa shape index (κ3) is 4.28. The predicted octanol–water partition coefficient (Wildman–Crippen LogP) is 3.99. The number of aliphatic hydroxyl groups excluding tert-OH is 1. The summed E-state index contributed by atoms with van der Waals surface area (Å²) in [7, 11) is 2.09. The van der Waals surface area contributed by atoms with E-state index in [9.17, 15) is 5.11 Å². The van der Waals surface area contributed by atoms with Crippen molar-refractivity contribution in [2.45, 2.75) is 43.9 Å². The van der Waals surface area contributed by atoms with Crippen LogP contribution in [0.5, 0.6) is 0 Å². The number of rotatable bonds is 4. The zero-order valence-electron chi connectivity index (χ0n) is 18.7. The molecule has 1 atom stereocenters. The molecule has 32 heavy (non-hydrogen) atoms. The SMILES string of the molecule is C[C@@H]1CCc2ncnc(N3CC4(CCNCC4)c4c(N(C)CCO)cccc43)c21.Cl.Cl.Cl. The Kier molecular flexibility index (Phi) is 9.05. The first kappa shape index (κ1) is 26.9. The van der Waals surface area contributed by atoms with Crippen molar-refractivity contribution in [3.63, 3.8) is 0 Å². The zero-order chi connectivity index (χ0) is 20.0. The molecule has 0 amide bonds. The summed E-state index contributed by atoms with van der Waals surface area (Å²) in [5.41, 5.74) is 6.67. The van der Waals surface area contributed by atoms with Crippen molar-refractivity contribution in [1.29, 1.82) is 0 Å². The van der Waals surface area contributed by atoms with E-state index in [2.05, 4.69) is 52.3 Å². The number of piperidine rings is 1. The monoisotopic (exact) mass is 501 g/mol. The van der Waals surface area contributed by atoms with Crippen LogP contribution in [-0.2, 0) is 11.8 Å². The maximum atomic E-state index is 9.53. The van der Waals surface area contributed by atoms with Crippen LogP contribution in [0.25, 0.3) is 0 Å². The Bertz CT molecular complexity index is 923. The molecular weight excluding hydrogens is 469 g/mol. The van der Waals surface area contributed by atoms with Crippen molar-refractivity contribution < 1.29 is 5.11 Å². The standard InChI is InChI=1S/C23H31N5O.3ClH/c1-16-6-7-17-20(16)22(26-15-25-17)28-14-23(8-10-24-11-9-23)21-18(27(2)12-13-29)4-3-5-19(21)28;;;/h3-5,15-16,24,29H,6-14H2,1-2H3;3*1H/t16-;;;/m1.../s1. The lowest BCUT2D eigenvalue weighted by atomic mass is 9.74. The number of aromatic nitrogens is 2. The molecule has 0 radical (unpaired) electrons. The Hall–Kier alpha value is -1.31. The number of nitrogens with zero attached hydrogens (tertiary/aromatic N) is 4. The van der Waals surface area contributed by atoms with Gasteiger partial charge in [-0.2, -0.15) is 0 Å². The number of benzene rings is 1. The summed E-state index contributed by atoms with van der Waals surface area (Å²) in [5, 5.41) is 13.1. The van der Waals surface area contributed by atoms with E-state index in [1.807, 2.05) is 0 Å². The first-order valence-electron chi connectivity index (χ1n) is 10.9. The first-order chi connectivity index (χ1) is 14.1. The molecule has 1 spiro atoms. The largest absolute Gasteiger partial charge is 0.395 e. The quantitative estimate of drug-likeness (QED) is 0.659. The second kappa shape index (κ2) is 10.7. The van der Waals surface area contributed by atoms with Gasteiger partial charge in [0, 0.05) is 53.7 Å². The first-order valence-corrected chi connectivity index (χ1v) is 10.9. The fraction of sp³-hybridized carbons (Fsp3) is 0.565. The Morgan fingerprint density at radius 3 is 2.66 bits per heavy atom. The molecule has 1 aromatic heterocycles. The van der Waals surface area contributed by atoms with Crippen LogP contribution in [0.15, 0.2) is 24.5 Å². The van der Waals surface area contributed by atoms with Crippen LogP contribution in [0.2, 0.25) is 0 Å².